The van der Waals surface area contributed by atoms with Crippen molar-refractivity contribution in [2.75, 3.05) is 30.9 Å². The van der Waals surface area contributed by atoms with Crippen LogP contribution in [0.2, 0.25) is 0 Å². The van der Waals surface area contributed by atoms with Crippen LogP contribution in [0.15, 0.2) is 18.2 Å². The van der Waals surface area contributed by atoms with E-state index in [9.17, 15) is 0 Å². The van der Waals surface area contributed by atoms with Crippen molar-refractivity contribution in [2.24, 2.45) is 0 Å². The van der Waals surface area contributed by atoms with E-state index in [4.69, 9.17) is 0 Å². The van der Waals surface area contributed by atoms with Gasteiger partial charge in [-0.1, -0.05) is 19.1 Å². The van der Waals surface area contributed by atoms with E-state index in [-0.39, 0.29) is 0 Å². The van der Waals surface area contributed by atoms with E-state index in [1.54, 1.807) is 0 Å². The van der Waals surface area contributed by atoms with Gasteiger partial charge in [0.25, 0.3) is 0 Å². The number of hydrogen-bond acceptors (Lipinski definition) is 3. The molecular weight excluding hydrogens is 240 g/mol. The summed E-state index contributed by atoms with van der Waals surface area (Å²) in [7, 11) is 2.25. The van der Waals surface area contributed by atoms with E-state index >= 15 is 0 Å². The summed E-state index contributed by atoms with van der Waals surface area (Å²) in [6.07, 6.45) is 4.59. The highest BCUT2D eigenvalue weighted by Crippen LogP contribution is 2.24. The van der Waals surface area contributed by atoms with Crippen LogP contribution in [0.25, 0.3) is 0 Å². The molecule has 3 heteroatoms. The van der Waals surface area contributed by atoms with Gasteiger partial charge in [0.2, 0.25) is 0 Å². The van der Waals surface area contributed by atoms with Gasteiger partial charge in [0.15, 0.2) is 0 Å². The highest BCUT2D eigenvalue weighted by Gasteiger charge is 2.14. The second-order valence-corrected chi connectivity index (χ2v) is 6.01. The Morgan fingerprint density at radius 2 is 2.28 bits per heavy atom. The summed E-state index contributed by atoms with van der Waals surface area (Å²) in [6.45, 7) is 4.44. The molecule has 1 aliphatic rings. The summed E-state index contributed by atoms with van der Waals surface area (Å²) in [5, 5.41) is 3.42. The molecule has 18 heavy (non-hydrogen) atoms. The zero-order chi connectivity index (χ0) is 13.0. The second kappa shape index (κ2) is 6.48. The number of anilines is 1. The van der Waals surface area contributed by atoms with Crippen LogP contribution in [0.1, 0.15) is 24.5 Å². The molecule has 0 saturated carbocycles. The molecule has 0 aliphatic carbocycles. The van der Waals surface area contributed by atoms with Crippen molar-refractivity contribution in [3.8, 4) is 0 Å². The first-order valence-electron chi connectivity index (χ1n) is 6.79. The molecule has 100 valence electrons. The maximum atomic E-state index is 3.42. The minimum atomic E-state index is 0.686. The molecule has 0 bridgehead atoms. The van der Waals surface area contributed by atoms with Gasteiger partial charge in [0, 0.05) is 30.6 Å². The Morgan fingerprint density at radius 1 is 1.44 bits per heavy atom. The van der Waals surface area contributed by atoms with E-state index in [0.29, 0.717) is 6.04 Å². The Kier molecular flexibility index (Phi) is 4.95. The zero-order valence-corrected chi connectivity index (χ0v) is 12.5. The van der Waals surface area contributed by atoms with E-state index in [1.807, 2.05) is 11.8 Å². The van der Waals surface area contributed by atoms with Crippen LogP contribution in [0.5, 0.6) is 0 Å². The predicted molar refractivity (Wildman–Crippen MR) is 82.6 cm³/mol. The van der Waals surface area contributed by atoms with Crippen molar-refractivity contribution >= 4 is 17.4 Å². The monoisotopic (exact) mass is 264 g/mol. The van der Waals surface area contributed by atoms with Crippen LogP contribution >= 0.6 is 11.8 Å². The van der Waals surface area contributed by atoms with Crippen LogP contribution in [0, 0.1) is 0 Å². The molecule has 0 amide bonds. The van der Waals surface area contributed by atoms with Crippen molar-refractivity contribution in [3.63, 3.8) is 0 Å². The zero-order valence-electron chi connectivity index (χ0n) is 11.7. The molecule has 0 aromatic heterocycles. The fourth-order valence-corrected chi connectivity index (χ4v) is 3.50. The van der Waals surface area contributed by atoms with Gasteiger partial charge in [-0.15, -0.1) is 0 Å². The molecular formula is C15H24N2S. The number of rotatable bonds is 6. The van der Waals surface area contributed by atoms with Gasteiger partial charge in [0.05, 0.1) is 0 Å². The first-order chi connectivity index (χ1) is 8.74. The Balaban J connectivity index is 2.00. The number of thioether (sulfide) groups is 1. The highest BCUT2D eigenvalue weighted by atomic mass is 32.2. The number of nitrogens with one attached hydrogen (secondary N) is 1. The summed E-state index contributed by atoms with van der Waals surface area (Å²) >= 11 is 1.94. The van der Waals surface area contributed by atoms with Crippen LogP contribution in [-0.2, 0) is 13.0 Å². The van der Waals surface area contributed by atoms with Gasteiger partial charge in [0.1, 0.15) is 0 Å². The fourth-order valence-electron chi connectivity index (χ4n) is 2.62. The third kappa shape index (κ3) is 3.21. The molecule has 1 N–H and O–H groups in total. The van der Waals surface area contributed by atoms with E-state index in [1.165, 1.54) is 35.4 Å². The quantitative estimate of drug-likeness (QED) is 0.849. The average molecular weight is 264 g/mol. The molecule has 0 spiro atoms. The summed E-state index contributed by atoms with van der Waals surface area (Å²) in [4.78, 5) is 2.49. The third-order valence-corrected chi connectivity index (χ3v) is 4.48. The first-order valence-corrected chi connectivity index (χ1v) is 8.18. The topological polar surface area (TPSA) is 15.3 Å². The Morgan fingerprint density at radius 3 is 3.00 bits per heavy atom. The summed E-state index contributed by atoms with van der Waals surface area (Å²) in [5.41, 5.74) is 4.26. The number of fused-ring (bicyclic) bond motifs is 1. The molecule has 1 aromatic rings. The molecule has 1 unspecified atom stereocenters. The molecule has 0 saturated heterocycles. The third-order valence-electron chi connectivity index (χ3n) is 3.77. The minimum absolute atomic E-state index is 0.686. The number of benzene rings is 1. The van der Waals surface area contributed by atoms with Gasteiger partial charge >= 0.3 is 0 Å². The van der Waals surface area contributed by atoms with Gasteiger partial charge in [-0.3, -0.25) is 4.90 Å². The Bertz CT molecular complexity index is 392. The molecule has 0 radical (unpaired) electrons. The summed E-state index contributed by atoms with van der Waals surface area (Å²) in [6, 6.07) is 7.56. The number of hydrogen-bond donors (Lipinski definition) is 1. The van der Waals surface area contributed by atoms with E-state index < -0.39 is 0 Å². The normalized spacial score (nSPS) is 15.6. The Hall–Kier alpha value is -0.670. The molecule has 2 nitrogen and oxygen atoms in total. The molecule has 0 fully saturated rings. The smallest absolute Gasteiger partial charge is 0.0373 e. The molecule has 2 rings (SSSR count). The predicted octanol–water partition coefficient (Wildman–Crippen LogP) is 3.23. The lowest BCUT2D eigenvalue weighted by Gasteiger charge is -2.26. The van der Waals surface area contributed by atoms with E-state index in [2.05, 4.69) is 48.6 Å². The largest absolute Gasteiger partial charge is 0.384 e. The van der Waals surface area contributed by atoms with Crippen molar-refractivity contribution in [3.05, 3.63) is 29.3 Å². The summed E-state index contributed by atoms with van der Waals surface area (Å²) in [5.74, 6) is 1.22. The van der Waals surface area contributed by atoms with Crippen LogP contribution in [0.4, 0.5) is 5.69 Å². The van der Waals surface area contributed by atoms with Crippen LogP contribution in [0.3, 0.4) is 0 Å². The van der Waals surface area contributed by atoms with Gasteiger partial charge in [-0.2, -0.15) is 11.8 Å². The minimum Gasteiger partial charge on any atom is -0.384 e. The van der Waals surface area contributed by atoms with E-state index in [0.717, 1.165) is 13.1 Å². The highest BCUT2D eigenvalue weighted by molar-refractivity contribution is 7.98. The standard InChI is InChI=1S/C15H24N2S/c1-4-14(11-18-3)17(2)10-12-5-6-15-13(9-12)7-8-16-15/h5-6,9,14,16H,4,7-8,10-11H2,1-3H3. The molecule has 1 atom stereocenters. The van der Waals surface area contributed by atoms with Crippen LogP contribution < -0.4 is 5.32 Å². The summed E-state index contributed by atoms with van der Waals surface area (Å²) < 4.78 is 0. The SMILES string of the molecule is CCC(CSC)N(C)Cc1ccc2c(c1)CCN2. The van der Waals surface area contributed by atoms with Crippen molar-refractivity contribution in [1.82, 2.24) is 4.90 Å². The molecule has 1 heterocycles. The van der Waals surface area contributed by atoms with Gasteiger partial charge in [-0.05, 0) is 43.3 Å². The fraction of sp³-hybridized carbons (Fsp3) is 0.600. The lowest BCUT2D eigenvalue weighted by atomic mass is 10.1. The Labute approximate surface area is 115 Å². The number of nitrogens with zero attached hydrogens (tertiary/aromatic N) is 1. The van der Waals surface area contributed by atoms with Crippen molar-refractivity contribution < 1.29 is 0 Å². The molecule has 1 aliphatic heterocycles. The molecule has 1 aromatic carbocycles. The lowest BCUT2D eigenvalue weighted by molar-refractivity contribution is 0.248. The first kappa shape index (κ1) is 13.8. The van der Waals surface area contributed by atoms with Crippen LogP contribution in [-0.4, -0.2) is 36.5 Å². The second-order valence-electron chi connectivity index (χ2n) is 5.10. The average Bonchev–Trinajstić information content (AvgIpc) is 2.83. The van der Waals surface area contributed by atoms with Crippen molar-refractivity contribution in [2.45, 2.75) is 32.4 Å². The maximum Gasteiger partial charge on any atom is 0.0373 e. The van der Waals surface area contributed by atoms with Gasteiger partial charge in [-0.25, -0.2) is 0 Å². The van der Waals surface area contributed by atoms with Gasteiger partial charge < -0.3 is 5.32 Å². The van der Waals surface area contributed by atoms with Crippen molar-refractivity contribution in [1.29, 1.82) is 0 Å². The lowest BCUT2D eigenvalue weighted by Crippen LogP contribution is -2.32. The maximum absolute atomic E-state index is 3.42.